The van der Waals surface area contributed by atoms with E-state index in [1.54, 1.807) is 136 Å². The molecule has 0 radical (unpaired) electrons. The van der Waals surface area contributed by atoms with E-state index in [0.29, 0.717) is 133 Å². The number of ether oxygens (including phenoxy) is 14. The van der Waals surface area contributed by atoms with Crippen molar-refractivity contribution in [3.63, 3.8) is 0 Å². The third kappa shape index (κ3) is 23.1. The Labute approximate surface area is 751 Å². The second-order valence-corrected chi connectivity index (χ2v) is 30.8. The lowest BCUT2D eigenvalue weighted by Gasteiger charge is -2.25. The summed E-state index contributed by atoms with van der Waals surface area (Å²) in [6.45, 7) is 10.3. The predicted octanol–water partition coefficient (Wildman–Crippen LogP) is 19.4. The lowest BCUT2D eigenvalue weighted by Crippen LogP contribution is -2.21. The number of carbonyl (C=O) groups excluding carboxylic acids is 6. The minimum atomic E-state index is -0.294. The van der Waals surface area contributed by atoms with E-state index in [9.17, 15) is 59.4 Å². The molecule has 18 rings (SSSR count). The molecule has 6 N–H and O–H groups in total. The highest BCUT2D eigenvalue weighted by Gasteiger charge is 2.36. The molecule has 0 aromatic heterocycles. The molecule has 6 heterocycles. The van der Waals surface area contributed by atoms with Crippen molar-refractivity contribution in [1.82, 2.24) is 0 Å². The third-order valence-electron chi connectivity index (χ3n) is 22.2. The van der Waals surface area contributed by atoms with Crippen molar-refractivity contribution in [3.05, 3.63) is 309 Å². The Bertz CT molecular complexity index is 5640. The summed E-state index contributed by atoms with van der Waals surface area (Å²) >= 11 is 0. The lowest BCUT2D eigenvalue weighted by atomic mass is 9.86. The van der Waals surface area contributed by atoms with Gasteiger partial charge in [-0.15, -0.1) is 0 Å². The van der Waals surface area contributed by atoms with Crippen LogP contribution in [0.5, 0.6) is 115 Å². The van der Waals surface area contributed by atoms with Crippen molar-refractivity contribution in [3.8, 4) is 115 Å². The molecule has 12 aromatic rings. The summed E-state index contributed by atoms with van der Waals surface area (Å²) in [6, 6.07) is 71.2. The van der Waals surface area contributed by atoms with E-state index in [2.05, 4.69) is 0 Å². The Balaban J connectivity index is 0.000000133. The van der Waals surface area contributed by atoms with Crippen molar-refractivity contribution in [2.24, 2.45) is 0 Å². The van der Waals surface area contributed by atoms with E-state index in [0.717, 1.165) is 79.6 Å². The van der Waals surface area contributed by atoms with E-state index >= 15 is 0 Å². The van der Waals surface area contributed by atoms with Crippen LogP contribution in [-0.4, -0.2) is 121 Å². The second kappa shape index (κ2) is 43.2. The molecule has 130 heavy (non-hydrogen) atoms. The van der Waals surface area contributed by atoms with Gasteiger partial charge in [0, 0.05) is 105 Å². The predicted molar refractivity (Wildman–Crippen MR) is 480 cm³/mol. The highest BCUT2D eigenvalue weighted by atomic mass is 16.6. The Hall–Kier alpha value is -15.3. The number of fused-ring (bicyclic) bond motifs is 6. The first-order chi connectivity index (χ1) is 62.9. The molecule has 26 heteroatoms. The van der Waals surface area contributed by atoms with E-state index in [1.807, 2.05) is 149 Å². The number of phenolic OH excluding ortho intramolecular Hbond substituents is 6. The van der Waals surface area contributed by atoms with Gasteiger partial charge in [0.15, 0.2) is 23.0 Å². The van der Waals surface area contributed by atoms with E-state index in [4.69, 9.17) is 66.3 Å². The number of hydrogen-bond donors (Lipinski definition) is 6. The Morgan fingerprint density at radius 3 is 0.669 bits per heavy atom. The minimum Gasteiger partial charge on any atom is -0.508 e. The topological polar surface area (TPSA) is 353 Å². The van der Waals surface area contributed by atoms with E-state index in [-0.39, 0.29) is 119 Å². The zero-order valence-electron chi connectivity index (χ0n) is 72.9. The van der Waals surface area contributed by atoms with Gasteiger partial charge in [0.05, 0.1) is 93.4 Å². The summed E-state index contributed by atoms with van der Waals surface area (Å²) in [4.78, 5) is 71.2. The van der Waals surface area contributed by atoms with Gasteiger partial charge in [-0.3, -0.25) is 28.8 Å². The van der Waals surface area contributed by atoms with Crippen molar-refractivity contribution in [2.45, 2.75) is 115 Å². The first-order valence-corrected chi connectivity index (χ1v) is 42.5. The standard InChI is InChI=1S/2C18H18O4.2C17H16O5.2C17H16O4/c2*1-2-9-21-14-7-8-15-16(11-18(20)22-17(15)10-14)12-3-5-13(19)6-4-12;2*1-20-11-4-5-12-13(9-17(19)22-15(12)8-11)10-3-6-14(18)16(7-10)21-2;2*1-2-20-13-7-8-14-15(10-17(19)21-16(14)9-13)11-3-5-12(18)6-4-11/h2*3-8,10,16,19H,2,9,11H2,1H3;2*3-8,13,18H,9H2,1-2H3;2*3-9,15,18H,2,10H2,1H3/t2*16-;2*13-;2*15-/m101010/s1. The summed E-state index contributed by atoms with van der Waals surface area (Å²) in [6.07, 6.45) is 3.53. The fourth-order valence-electron chi connectivity index (χ4n) is 15.8. The Morgan fingerprint density at radius 2 is 0.454 bits per heavy atom. The first kappa shape index (κ1) is 92.3. The summed E-state index contributed by atoms with van der Waals surface area (Å²) in [5.74, 6) is 6.93. The van der Waals surface area contributed by atoms with Crippen molar-refractivity contribution in [2.75, 3.05) is 54.9 Å². The fourth-order valence-corrected chi connectivity index (χ4v) is 15.8. The monoisotopic (exact) mass is 1760 g/mol. The maximum Gasteiger partial charge on any atom is 0.312 e. The van der Waals surface area contributed by atoms with Crippen LogP contribution in [0.3, 0.4) is 0 Å². The number of hydrogen-bond acceptors (Lipinski definition) is 26. The molecular weight excluding hydrogens is 1670 g/mol. The Kier molecular flexibility index (Phi) is 30.7. The number of aromatic hydroxyl groups is 6. The van der Waals surface area contributed by atoms with Crippen LogP contribution >= 0.6 is 0 Å². The molecule has 0 saturated heterocycles. The minimum absolute atomic E-state index is 0.0578. The van der Waals surface area contributed by atoms with Gasteiger partial charge in [-0.25, -0.2) is 0 Å². The number of rotatable bonds is 20. The maximum atomic E-state index is 11.9. The van der Waals surface area contributed by atoms with Crippen molar-refractivity contribution in [1.29, 1.82) is 0 Å². The largest absolute Gasteiger partial charge is 0.508 e. The van der Waals surface area contributed by atoms with Gasteiger partial charge in [-0.05, 0) is 169 Å². The van der Waals surface area contributed by atoms with Crippen LogP contribution in [0.1, 0.15) is 181 Å². The molecule has 26 nitrogen and oxygen atoms in total. The molecule has 6 aliphatic heterocycles. The number of esters is 6. The highest BCUT2D eigenvalue weighted by molar-refractivity contribution is 5.82. The molecule has 0 saturated carbocycles. The molecule has 6 aliphatic rings. The second-order valence-electron chi connectivity index (χ2n) is 30.8. The van der Waals surface area contributed by atoms with Gasteiger partial charge in [0.1, 0.15) is 92.0 Å². The number of phenols is 6. The number of methoxy groups -OCH3 is 4. The third-order valence-corrected chi connectivity index (χ3v) is 22.2. The molecule has 0 unspecified atom stereocenters. The average molecular weight is 1770 g/mol. The Morgan fingerprint density at radius 1 is 0.246 bits per heavy atom. The van der Waals surface area contributed by atoms with E-state index in [1.165, 1.54) is 14.2 Å². The smallest absolute Gasteiger partial charge is 0.312 e. The number of benzene rings is 12. The molecule has 0 aliphatic carbocycles. The SMILES string of the molecule is CCCOc1ccc2c(c1)OC(=O)C[C@@H]2c1ccc(O)cc1.CCCOc1ccc2c(c1)OC(=O)C[C@H]2c1ccc(O)cc1.CCOc1ccc2c(c1)OC(=O)C[C@@H]2c1ccc(O)cc1.CCOc1ccc2c(c1)OC(=O)C[C@H]2c1ccc(O)cc1.COc1ccc2c(c1)OC(=O)C[C@@H]2c1ccc(O)c(OC)c1.COc1ccc2c(c1)OC(=O)C[C@H]2c1ccc(O)c(OC)c1. The molecule has 6 atom stereocenters. The quantitative estimate of drug-likeness (QED) is 0.0305. The summed E-state index contributed by atoms with van der Waals surface area (Å²) in [7, 11) is 6.11. The average Bonchev–Trinajstić information content (AvgIpc) is 0.810. The van der Waals surface area contributed by atoms with Crippen molar-refractivity contribution < 1.29 is 126 Å². The van der Waals surface area contributed by atoms with Gasteiger partial charge in [0.25, 0.3) is 0 Å². The summed E-state index contributed by atoms with van der Waals surface area (Å²) < 4.78 is 74.7. The molecule has 12 aromatic carbocycles. The highest BCUT2D eigenvalue weighted by Crippen LogP contribution is 2.49. The van der Waals surface area contributed by atoms with Gasteiger partial charge in [-0.1, -0.05) is 111 Å². The van der Waals surface area contributed by atoms with Gasteiger partial charge < -0.3 is 97.0 Å². The first-order valence-electron chi connectivity index (χ1n) is 42.5. The maximum absolute atomic E-state index is 11.9. The molecule has 672 valence electrons. The molecule has 0 spiro atoms. The molecule has 0 bridgehead atoms. The van der Waals surface area contributed by atoms with Gasteiger partial charge in [0.2, 0.25) is 0 Å². The van der Waals surface area contributed by atoms with E-state index < -0.39 is 0 Å². The molecule has 0 amide bonds. The van der Waals surface area contributed by atoms with Crippen LogP contribution in [0, 0.1) is 0 Å². The van der Waals surface area contributed by atoms with Gasteiger partial charge >= 0.3 is 35.8 Å². The van der Waals surface area contributed by atoms with Crippen LogP contribution in [0.15, 0.2) is 243 Å². The summed E-state index contributed by atoms with van der Waals surface area (Å²) in [5, 5.41) is 57.0. The lowest BCUT2D eigenvalue weighted by molar-refractivity contribution is -0.136. The molecule has 0 fully saturated rings. The van der Waals surface area contributed by atoms with Crippen molar-refractivity contribution >= 4 is 35.8 Å². The zero-order chi connectivity index (χ0) is 92.1. The normalized spacial score (nSPS) is 16.8. The van der Waals surface area contributed by atoms with Crippen LogP contribution in [0.2, 0.25) is 0 Å². The fraction of sp³-hybridized carbons (Fsp3) is 0.250. The van der Waals surface area contributed by atoms with Crippen LogP contribution < -0.4 is 66.3 Å². The zero-order valence-corrected chi connectivity index (χ0v) is 72.9. The molecular formula is C104H100O26. The number of carbonyl (C=O) groups is 6. The van der Waals surface area contributed by atoms with Gasteiger partial charge in [-0.2, -0.15) is 0 Å². The van der Waals surface area contributed by atoms with Crippen LogP contribution in [0.25, 0.3) is 0 Å². The van der Waals surface area contributed by atoms with Crippen LogP contribution in [0.4, 0.5) is 0 Å². The van der Waals surface area contributed by atoms with Crippen LogP contribution in [-0.2, 0) is 28.8 Å². The summed E-state index contributed by atoms with van der Waals surface area (Å²) in [5.41, 5.74) is 11.4.